The Morgan fingerprint density at radius 3 is 2.60 bits per heavy atom. The normalized spacial score (nSPS) is 26.2. The number of thioether (sulfide) groups is 1. The van der Waals surface area contributed by atoms with Crippen LogP contribution in [0.2, 0.25) is 0 Å². The molecule has 25 heavy (non-hydrogen) atoms. The number of carbonyl (C=O) groups is 1. The molecule has 0 aliphatic carbocycles. The van der Waals surface area contributed by atoms with E-state index in [9.17, 15) is 13.2 Å². The summed E-state index contributed by atoms with van der Waals surface area (Å²) < 4.78 is 24.2. The van der Waals surface area contributed by atoms with E-state index in [1.54, 1.807) is 0 Å². The van der Waals surface area contributed by atoms with Gasteiger partial charge in [0.1, 0.15) is 0 Å². The van der Waals surface area contributed by atoms with E-state index in [-0.39, 0.29) is 28.7 Å². The smallest absolute Gasteiger partial charge is 0.248 e. The lowest BCUT2D eigenvalue weighted by Crippen LogP contribution is -2.38. The minimum atomic E-state index is -3.04. The zero-order valence-electron chi connectivity index (χ0n) is 14.9. The quantitative estimate of drug-likeness (QED) is 0.803. The van der Waals surface area contributed by atoms with E-state index in [2.05, 4.69) is 4.99 Å². The number of aryl methyl sites for hydroxylation is 2. The van der Waals surface area contributed by atoms with Crippen LogP contribution in [0, 0.1) is 13.8 Å². The Morgan fingerprint density at radius 1 is 1.28 bits per heavy atom. The molecule has 0 saturated carbocycles. The Balaban J connectivity index is 2.01. The zero-order valence-corrected chi connectivity index (χ0v) is 16.5. The number of fused-ring (bicyclic) bond motifs is 1. The summed E-state index contributed by atoms with van der Waals surface area (Å²) >= 11 is 1.44. The number of sulfone groups is 1. The molecule has 1 aromatic carbocycles. The third-order valence-corrected chi connectivity index (χ3v) is 7.92. The molecular formula is C18H24N2O3S2. The Hall–Kier alpha value is -1.34. The third kappa shape index (κ3) is 3.77. The van der Waals surface area contributed by atoms with Gasteiger partial charge in [-0.2, -0.15) is 4.99 Å². The Morgan fingerprint density at radius 2 is 1.96 bits per heavy atom. The van der Waals surface area contributed by atoms with Crippen LogP contribution in [0.25, 0.3) is 0 Å². The van der Waals surface area contributed by atoms with Gasteiger partial charge in [-0.1, -0.05) is 43.3 Å². The number of rotatable bonds is 4. The van der Waals surface area contributed by atoms with Crippen molar-refractivity contribution in [2.75, 3.05) is 16.4 Å². The van der Waals surface area contributed by atoms with Gasteiger partial charge in [-0.3, -0.25) is 4.79 Å². The van der Waals surface area contributed by atoms with E-state index in [0.717, 1.165) is 29.7 Å². The van der Waals surface area contributed by atoms with Crippen molar-refractivity contribution in [3.63, 3.8) is 0 Å². The maximum atomic E-state index is 12.2. The second-order valence-corrected chi connectivity index (χ2v) is 10.2. The maximum absolute atomic E-state index is 12.2. The molecule has 3 rings (SSSR count). The first-order chi connectivity index (χ1) is 11.8. The van der Waals surface area contributed by atoms with Gasteiger partial charge in [0.25, 0.3) is 0 Å². The predicted octanol–water partition coefficient (Wildman–Crippen LogP) is 3.10. The van der Waals surface area contributed by atoms with E-state index in [0.29, 0.717) is 11.6 Å². The van der Waals surface area contributed by atoms with E-state index in [1.807, 2.05) is 43.9 Å². The van der Waals surface area contributed by atoms with Gasteiger partial charge in [0.05, 0.1) is 17.5 Å². The van der Waals surface area contributed by atoms with Crippen molar-refractivity contribution in [3.8, 4) is 0 Å². The van der Waals surface area contributed by atoms with Crippen molar-refractivity contribution in [2.24, 2.45) is 4.99 Å². The molecule has 7 heteroatoms. The first-order valence-corrected chi connectivity index (χ1v) is 11.4. The number of amides is 1. The fourth-order valence-electron chi connectivity index (χ4n) is 3.50. The monoisotopic (exact) mass is 380 g/mol. The Bertz CT molecular complexity index is 797. The van der Waals surface area contributed by atoms with Gasteiger partial charge in [-0.25, -0.2) is 8.42 Å². The van der Waals surface area contributed by atoms with E-state index in [4.69, 9.17) is 0 Å². The van der Waals surface area contributed by atoms with E-state index >= 15 is 0 Å². The highest BCUT2D eigenvalue weighted by atomic mass is 32.2. The van der Waals surface area contributed by atoms with E-state index in [1.165, 1.54) is 11.8 Å². The molecule has 0 N–H and O–H groups in total. The van der Waals surface area contributed by atoms with Crippen molar-refractivity contribution < 1.29 is 13.2 Å². The van der Waals surface area contributed by atoms with Crippen LogP contribution in [-0.2, 0) is 14.6 Å². The van der Waals surface area contributed by atoms with Crippen LogP contribution in [-0.4, -0.2) is 42.3 Å². The molecule has 0 spiro atoms. The van der Waals surface area contributed by atoms with Gasteiger partial charge in [0.2, 0.25) is 5.91 Å². The van der Waals surface area contributed by atoms with Gasteiger partial charge in [-0.15, -0.1) is 0 Å². The summed E-state index contributed by atoms with van der Waals surface area (Å²) in [6.07, 6.45) is 2.22. The number of hydrogen-bond acceptors (Lipinski definition) is 4. The van der Waals surface area contributed by atoms with Crippen molar-refractivity contribution in [1.82, 2.24) is 0 Å². The molecule has 0 radical (unpaired) electrons. The fourth-order valence-corrected chi connectivity index (χ4v) is 7.42. The lowest BCUT2D eigenvalue weighted by Gasteiger charge is -2.28. The fraction of sp³-hybridized carbons (Fsp3) is 0.556. The predicted molar refractivity (Wildman–Crippen MR) is 104 cm³/mol. The van der Waals surface area contributed by atoms with Gasteiger partial charge < -0.3 is 4.90 Å². The first kappa shape index (κ1) is 18.5. The number of nitrogens with zero attached hydrogens (tertiary/aromatic N) is 2. The number of aliphatic imine (C=N–C) groups is 1. The summed E-state index contributed by atoms with van der Waals surface area (Å²) in [7, 11) is -3.04. The molecule has 2 saturated heterocycles. The van der Waals surface area contributed by atoms with Crippen LogP contribution >= 0.6 is 11.8 Å². The average Bonchev–Trinajstić information content (AvgIpc) is 2.97. The van der Waals surface area contributed by atoms with Crippen LogP contribution in [0.1, 0.15) is 37.3 Å². The Labute approximate surface area is 153 Å². The summed E-state index contributed by atoms with van der Waals surface area (Å²) in [4.78, 5) is 18.6. The van der Waals surface area contributed by atoms with E-state index < -0.39 is 9.84 Å². The second-order valence-electron chi connectivity index (χ2n) is 6.80. The average molecular weight is 381 g/mol. The van der Waals surface area contributed by atoms with Gasteiger partial charge in [0, 0.05) is 17.4 Å². The summed E-state index contributed by atoms with van der Waals surface area (Å²) in [6, 6.07) is 5.87. The molecule has 0 unspecified atom stereocenters. The van der Waals surface area contributed by atoms with Crippen LogP contribution < -0.4 is 4.90 Å². The number of unbranched alkanes of at least 4 members (excludes halogenated alkanes) is 1. The van der Waals surface area contributed by atoms with Crippen molar-refractivity contribution in [3.05, 3.63) is 29.3 Å². The molecule has 2 aliphatic heterocycles. The molecule has 2 atom stereocenters. The minimum absolute atomic E-state index is 0.0540. The first-order valence-electron chi connectivity index (χ1n) is 8.66. The molecule has 0 aromatic heterocycles. The topological polar surface area (TPSA) is 66.8 Å². The van der Waals surface area contributed by atoms with Gasteiger partial charge in [0.15, 0.2) is 15.0 Å². The zero-order chi connectivity index (χ0) is 18.2. The Kier molecular flexibility index (Phi) is 5.25. The summed E-state index contributed by atoms with van der Waals surface area (Å²) in [5.74, 6) is 0.162. The van der Waals surface area contributed by atoms with Crippen LogP contribution in [0.3, 0.4) is 0 Å². The van der Waals surface area contributed by atoms with Crippen molar-refractivity contribution >= 4 is 38.4 Å². The number of amidine groups is 1. The molecule has 136 valence electrons. The summed E-state index contributed by atoms with van der Waals surface area (Å²) in [5.41, 5.74) is 3.13. The highest BCUT2D eigenvalue weighted by molar-refractivity contribution is 8.16. The number of carbonyl (C=O) groups excluding carboxylic acids is 1. The largest absolute Gasteiger partial charge is 0.315 e. The highest BCUT2D eigenvalue weighted by Crippen LogP contribution is 2.43. The standard InChI is InChI=1S/C18H24N2O3S2/c1-4-5-9-16(21)19-18-20(17-12(2)7-6-8-13(17)3)14-10-25(22,23)11-15(14)24-18/h6-8,14-15H,4-5,9-11H2,1-3H3/t14-,15+/m0/s1. The number of para-hydroxylation sites is 1. The number of benzene rings is 1. The SMILES string of the molecule is CCCCC(=O)N=C1S[C@@H]2CS(=O)(=O)C[C@@H]2N1c1c(C)cccc1C. The third-order valence-electron chi connectivity index (χ3n) is 4.71. The minimum Gasteiger partial charge on any atom is -0.315 e. The molecule has 5 nitrogen and oxygen atoms in total. The van der Waals surface area contributed by atoms with Crippen LogP contribution in [0.5, 0.6) is 0 Å². The van der Waals surface area contributed by atoms with Gasteiger partial charge in [-0.05, 0) is 31.4 Å². The maximum Gasteiger partial charge on any atom is 0.248 e. The van der Waals surface area contributed by atoms with Crippen LogP contribution in [0.4, 0.5) is 5.69 Å². The number of anilines is 1. The molecular weight excluding hydrogens is 356 g/mol. The molecule has 1 aromatic rings. The van der Waals surface area contributed by atoms with Crippen LogP contribution in [0.15, 0.2) is 23.2 Å². The van der Waals surface area contributed by atoms with Gasteiger partial charge >= 0.3 is 0 Å². The summed E-state index contributed by atoms with van der Waals surface area (Å²) in [5, 5.41) is 0.602. The molecule has 2 fully saturated rings. The molecule has 2 heterocycles. The molecule has 0 bridgehead atoms. The summed E-state index contributed by atoms with van der Waals surface area (Å²) in [6.45, 7) is 6.07. The highest BCUT2D eigenvalue weighted by Gasteiger charge is 2.49. The number of hydrogen-bond donors (Lipinski definition) is 0. The lowest BCUT2D eigenvalue weighted by molar-refractivity contribution is -0.117. The lowest BCUT2D eigenvalue weighted by atomic mass is 10.1. The molecule has 1 amide bonds. The second kappa shape index (κ2) is 7.11. The molecule has 2 aliphatic rings. The van der Waals surface area contributed by atoms with Crippen molar-refractivity contribution in [2.45, 2.75) is 51.3 Å². The van der Waals surface area contributed by atoms with Crippen molar-refractivity contribution in [1.29, 1.82) is 0 Å².